The number of hydrogen-bond acceptors (Lipinski definition) is 4. The minimum atomic E-state index is -0.281. The average Bonchev–Trinajstić information content (AvgIpc) is 2.75. The van der Waals surface area contributed by atoms with Crippen LogP contribution in [0.2, 0.25) is 0 Å². The van der Waals surface area contributed by atoms with Crippen molar-refractivity contribution in [2.24, 2.45) is 0 Å². The van der Waals surface area contributed by atoms with E-state index in [0.29, 0.717) is 0 Å². The summed E-state index contributed by atoms with van der Waals surface area (Å²) >= 11 is 3.48. The molecule has 1 aliphatic rings. The highest BCUT2D eigenvalue weighted by Gasteiger charge is 2.25. The zero-order valence-electron chi connectivity index (χ0n) is 15.7. The Balaban J connectivity index is 1.75. The number of ether oxygens (including phenoxy) is 1. The van der Waals surface area contributed by atoms with Gasteiger partial charge in [0.25, 0.3) is 0 Å². The van der Waals surface area contributed by atoms with Crippen LogP contribution in [-0.4, -0.2) is 12.2 Å². The number of methoxy groups -OCH3 is 1. The van der Waals surface area contributed by atoms with E-state index in [4.69, 9.17) is 4.74 Å². The lowest BCUT2D eigenvalue weighted by molar-refractivity contribution is 0.414. The SMILES string of the molecule is COc1ccc(C2=CC(c3cc(Br)ccc3O)NC(c3ccc(F)cc3)N2)cc1. The second-order valence-electron chi connectivity index (χ2n) is 6.79. The van der Waals surface area contributed by atoms with Gasteiger partial charge in [0.1, 0.15) is 23.5 Å². The number of phenols is 1. The van der Waals surface area contributed by atoms with E-state index >= 15 is 0 Å². The molecule has 1 heterocycles. The molecule has 6 heteroatoms. The van der Waals surface area contributed by atoms with Gasteiger partial charge in [0.15, 0.2) is 0 Å². The molecular formula is C23H20BrFN2O2. The summed E-state index contributed by atoms with van der Waals surface area (Å²) in [5, 5.41) is 17.4. The van der Waals surface area contributed by atoms with Crippen molar-refractivity contribution in [1.29, 1.82) is 0 Å². The van der Waals surface area contributed by atoms with Crippen molar-refractivity contribution < 1.29 is 14.2 Å². The normalized spacial score (nSPS) is 18.7. The third kappa shape index (κ3) is 4.28. The fourth-order valence-electron chi connectivity index (χ4n) is 3.38. The Labute approximate surface area is 177 Å². The Hall–Kier alpha value is -2.83. The Morgan fingerprint density at radius 2 is 1.72 bits per heavy atom. The van der Waals surface area contributed by atoms with Crippen LogP contribution in [-0.2, 0) is 0 Å². The molecule has 0 saturated carbocycles. The molecule has 3 N–H and O–H groups in total. The molecule has 1 aliphatic heterocycles. The van der Waals surface area contributed by atoms with Crippen molar-refractivity contribution in [1.82, 2.24) is 10.6 Å². The lowest BCUT2D eigenvalue weighted by Crippen LogP contribution is -2.39. The molecule has 29 heavy (non-hydrogen) atoms. The van der Waals surface area contributed by atoms with Crippen LogP contribution in [0.5, 0.6) is 11.5 Å². The zero-order valence-corrected chi connectivity index (χ0v) is 17.3. The molecule has 0 radical (unpaired) electrons. The van der Waals surface area contributed by atoms with E-state index in [1.165, 1.54) is 12.1 Å². The molecule has 0 spiro atoms. The largest absolute Gasteiger partial charge is 0.508 e. The fraction of sp³-hybridized carbons (Fsp3) is 0.130. The van der Waals surface area contributed by atoms with E-state index in [2.05, 4.69) is 26.6 Å². The molecule has 0 aromatic heterocycles. The molecule has 0 saturated heterocycles. The standard InChI is InChI=1S/C23H20BrFN2O2/c1-29-18-9-4-14(5-10-18)20-13-21(19-12-16(24)6-11-22(19)28)27-23(26-20)15-2-7-17(25)8-3-15/h2-13,21,23,26-28H,1H3. The maximum Gasteiger partial charge on any atom is 0.123 e. The van der Waals surface area contributed by atoms with Crippen molar-refractivity contribution in [2.75, 3.05) is 7.11 Å². The van der Waals surface area contributed by atoms with Gasteiger partial charge < -0.3 is 15.2 Å². The number of aromatic hydroxyl groups is 1. The highest BCUT2D eigenvalue weighted by molar-refractivity contribution is 9.10. The summed E-state index contributed by atoms with van der Waals surface area (Å²) < 4.78 is 19.5. The molecule has 4 rings (SSSR count). The minimum Gasteiger partial charge on any atom is -0.508 e. The first-order chi connectivity index (χ1) is 14.0. The smallest absolute Gasteiger partial charge is 0.123 e. The van der Waals surface area contributed by atoms with E-state index < -0.39 is 0 Å². The molecule has 148 valence electrons. The maximum absolute atomic E-state index is 13.4. The van der Waals surface area contributed by atoms with Crippen molar-refractivity contribution in [3.05, 3.63) is 99.8 Å². The average molecular weight is 455 g/mol. The van der Waals surface area contributed by atoms with E-state index in [1.54, 1.807) is 31.4 Å². The van der Waals surface area contributed by atoms with Gasteiger partial charge in [0.2, 0.25) is 0 Å². The van der Waals surface area contributed by atoms with Gasteiger partial charge in [-0.3, -0.25) is 5.32 Å². The summed E-state index contributed by atoms with van der Waals surface area (Å²) in [4.78, 5) is 0. The van der Waals surface area contributed by atoms with Crippen LogP contribution in [0.4, 0.5) is 4.39 Å². The molecule has 3 aromatic carbocycles. The van der Waals surface area contributed by atoms with Gasteiger partial charge in [-0.2, -0.15) is 0 Å². The Bertz CT molecular complexity index is 1040. The van der Waals surface area contributed by atoms with Gasteiger partial charge in [-0.25, -0.2) is 4.39 Å². The number of halogens is 2. The van der Waals surface area contributed by atoms with Crippen molar-refractivity contribution in [3.8, 4) is 11.5 Å². The molecule has 0 aliphatic carbocycles. The highest BCUT2D eigenvalue weighted by Crippen LogP contribution is 2.35. The minimum absolute atomic E-state index is 0.204. The molecule has 2 unspecified atom stereocenters. The van der Waals surface area contributed by atoms with Gasteiger partial charge in [-0.05, 0) is 71.8 Å². The Kier molecular flexibility index (Phi) is 5.56. The van der Waals surface area contributed by atoms with Crippen LogP contribution in [0.1, 0.15) is 28.9 Å². The van der Waals surface area contributed by atoms with E-state index in [0.717, 1.165) is 32.6 Å². The van der Waals surface area contributed by atoms with Crippen LogP contribution in [0.25, 0.3) is 5.70 Å². The number of nitrogens with one attached hydrogen (secondary N) is 2. The third-order valence-electron chi connectivity index (χ3n) is 4.91. The molecule has 0 fully saturated rings. The van der Waals surface area contributed by atoms with Gasteiger partial charge in [-0.1, -0.05) is 28.1 Å². The van der Waals surface area contributed by atoms with Crippen LogP contribution >= 0.6 is 15.9 Å². The molecule has 3 aromatic rings. The first-order valence-corrected chi connectivity index (χ1v) is 9.95. The predicted molar refractivity (Wildman–Crippen MR) is 115 cm³/mol. The summed E-state index contributed by atoms with van der Waals surface area (Å²) in [6, 6.07) is 19.2. The third-order valence-corrected chi connectivity index (χ3v) is 5.40. The van der Waals surface area contributed by atoms with Gasteiger partial charge in [0, 0.05) is 15.7 Å². The number of rotatable bonds is 4. The second kappa shape index (κ2) is 8.27. The summed E-state index contributed by atoms with van der Waals surface area (Å²) in [6.07, 6.45) is 1.77. The van der Waals surface area contributed by atoms with Crippen LogP contribution in [0, 0.1) is 5.82 Å². The van der Waals surface area contributed by atoms with Crippen LogP contribution < -0.4 is 15.4 Å². The first kappa shape index (κ1) is 19.5. The van der Waals surface area contributed by atoms with Gasteiger partial charge in [-0.15, -0.1) is 0 Å². The van der Waals surface area contributed by atoms with Crippen LogP contribution in [0.3, 0.4) is 0 Å². The Morgan fingerprint density at radius 3 is 2.41 bits per heavy atom. The topological polar surface area (TPSA) is 53.5 Å². The van der Waals surface area contributed by atoms with E-state index in [1.807, 2.05) is 36.4 Å². The van der Waals surface area contributed by atoms with Crippen molar-refractivity contribution >= 4 is 21.6 Å². The van der Waals surface area contributed by atoms with Crippen LogP contribution in [0.15, 0.2) is 77.3 Å². The van der Waals surface area contributed by atoms with Gasteiger partial charge >= 0.3 is 0 Å². The summed E-state index contributed by atoms with van der Waals surface area (Å²) in [5.41, 5.74) is 3.54. The lowest BCUT2D eigenvalue weighted by Gasteiger charge is -2.33. The quantitative estimate of drug-likeness (QED) is 0.502. The van der Waals surface area contributed by atoms with Crippen molar-refractivity contribution in [3.63, 3.8) is 0 Å². The molecule has 2 atom stereocenters. The number of benzene rings is 3. The Morgan fingerprint density at radius 1 is 1.00 bits per heavy atom. The summed E-state index contributed by atoms with van der Waals surface area (Å²) in [7, 11) is 1.63. The van der Waals surface area contributed by atoms with E-state index in [-0.39, 0.29) is 23.8 Å². The monoisotopic (exact) mass is 454 g/mol. The second-order valence-corrected chi connectivity index (χ2v) is 7.70. The van der Waals surface area contributed by atoms with Crippen molar-refractivity contribution in [2.45, 2.75) is 12.2 Å². The number of phenolic OH excluding ortho intramolecular Hbond substituents is 1. The summed E-state index contributed by atoms with van der Waals surface area (Å²) in [5.74, 6) is 0.701. The fourth-order valence-corrected chi connectivity index (χ4v) is 3.76. The molecule has 0 amide bonds. The summed E-state index contributed by atoms with van der Waals surface area (Å²) in [6.45, 7) is 0. The first-order valence-electron chi connectivity index (χ1n) is 9.16. The van der Waals surface area contributed by atoms with Gasteiger partial charge in [0.05, 0.1) is 13.2 Å². The lowest BCUT2D eigenvalue weighted by atomic mass is 9.98. The zero-order chi connectivity index (χ0) is 20.4. The molecule has 0 bridgehead atoms. The number of hydrogen-bond donors (Lipinski definition) is 3. The highest BCUT2D eigenvalue weighted by atomic mass is 79.9. The predicted octanol–water partition coefficient (Wildman–Crippen LogP) is 5.28. The molecular weight excluding hydrogens is 435 g/mol. The molecule has 4 nitrogen and oxygen atoms in total. The van der Waals surface area contributed by atoms with E-state index in [9.17, 15) is 9.50 Å². The maximum atomic E-state index is 13.4.